The molecule has 0 radical (unpaired) electrons. The lowest BCUT2D eigenvalue weighted by atomic mass is 10.2. The second-order valence-electron chi connectivity index (χ2n) is 4.59. The molecule has 2 aromatic rings. The van der Waals surface area contributed by atoms with Crippen LogP contribution in [0.3, 0.4) is 0 Å². The highest BCUT2D eigenvalue weighted by Crippen LogP contribution is 2.33. The standard InChI is InChI=1S/C16H14BrNO5/c1-2-22-15-7-12(9-19)14(17)8-16(15)23-10-11-4-3-5-13(6-11)18(20)21/h3-9H,2,10H2,1H3. The summed E-state index contributed by atoms with van der Waals surface area (Å²) in [4.78, 5) is 21.3. The minimum atomic E-state index is -0.454. The summed E-state index contributed by atoms with van der Waals surface area (Å²) in [5.74, 6) is 0.902. The number of carbonyl (C=O) groups is 1. The second kappa shape index (κ2) is 7.73. The molecular formula is C16H14BrNO5. The van der Waals surface area contributed by atoms with E-state index in [0.29, 0.717) is 33.7 Å². The maximum atomic E-state index is 11.0. The van der Waals surface area contributed by atoms with E-state index < -0.39 is 4.92 Å². The lowest BCUT2D eigenvalue weighted by Gasteiger charge is -2.13. The van der Waals surface area contributed by atoms with Crippen LogP contribution in [0, 0.1) is 10.1 Å². The Labute approximate surface area is 141 Å². The molecule has 0 unspecified atom stereocenters. The van der Waals surface area contributed by atoms with Crippen molar-refractivity contribution in [3.8, 4) is 11.5 Å². The molecule has 0 aliphatic carbocycles. The lowest BCUT2D eigenvalue weighted by molar-refractivity contribution is -0.384. The molecule has 0 spiro atoms. The van der Waals surface area contributed by atoms with Crippen molar-refractivity contribution in [1.82, 2.24) is 0 Å². The van der Waals surface area contributed by atoms with E-state index in [1.165, 1.54) is 12.1 Å². The molecule has 0 fully saturated rings. The zero-order valence-corrected chi connectivity index (χ0v) is 13.9. The van der Waals surface area contributed by atoms with Crippen LogP contribution in [-0.2, 0) is 6.61 Å². The minimum absolute atomic E-state index is 0.00798. The Morgan fingerprint density at radius 2 is 1.96 bits per heavy atom. The van der Waals surface area contributed by atoms with Crippen molar-refractivity contribution in [3.63, 3.8) is 0 Å². The molecule has 23 heavy (non-hydrogen) atoms. The van der Waals surface area contributed by atoms with Crippen LogP contribution in [0.25, 0.3) is 0 Å². The van der Waals surface area contributed by atoms with Crippen molar-refractivity contribution < 1.29 is 19.2 Å². The van der Waals surface area contributed by atoms with Gasteiger partial charge >= 0.3 is 0 Å². The van der Waals surface area contributed by atoms with Gasteiger partial charge in [-0.15, -0.1) is 0 Å². The maximum absolute atomic E-state index is 11.0. The molecule has 120 valence electrons. The first-order valence-electron chi connectivity index (χ1n) is 6.82. The summed E-state index contributed by atoms with van der Waals surface area (Å²) in [6.07, 6.45) is 0.719. The molecule has 2 rings (SSSR count). The Bertz CT molecular complexity index is 732. The third kappa shape index (κ3) is 4.29. The van der Waals surface area contributed by atoms with Crippen molar-refractivity contribution in [2.75, 3.05) is 6.61 Å². The Morgan fingerprint density at radius 3 is 2.61 bits per heavy atom. The van der Waals surface area contributed by atoms with Crippen molar-refractivity contribution in [3.05, 3.63) is 62.1 Å². The monoisotopic (exact) mass is 379 g/mol. The highest BCUT2D eigenvalue weighted by atomic mass is 79.9. The van der Waals surface area contributed by atoms with Crippen LogP contribution < -0.4 is 9.47 Å². The number of halogens is 1. The lowest BCUT2D eigenvalue weighted by Crippen LogP contribution is -2.01. The molecule has 0 N–H and O–H groups in total. The molecule has 0 bridgehead atoms. The highest BCUT2D eigenvalue weighted by Gasteiger charge is 2.12. The number of hydrogen-bond acceptors (Lipinski definition) is 5. The van der Waals surface area contributed by atoms with Crippen LogP contribution in [0.4, 0.5) is 5.69 Å². The van der Waals surface area contributed by atoms with Crippen molar-refractivity contribution in [1.29, 1.82) is 0 Å². The molecule has 0 saturated carbocycles. The fraction of sp³-hybridized carbons (Fsp3) is 0.188. The number of hydrogen-bond donors (Lipinski definition) is 0. The largest absolute Gasteiger partial charge is 0.490 e. The predicted octanol–water partition coefficient (Wildman–Crippen LogP) is 4.15. The van der Waals surface area contributed by atoms with Crippen molar-refractivity contribution in [2.45, 2.75) is 13.5 Å². The van der Waals surface area contributed by atoms with E-state index in [0.717, 1.165) is 6.29 Å². The molecule has 0 aromatic heterocycles. The van der Waals surface area contributed by atoms with E-state index in [2.05, 4.69) is 15.9 Å². The predicted molar refractivity (Wildman–Crippen MR) is 88.1 cm³/mol. The summed E-state index contributed by atoms with van der Waals surface area (Å²) >= 11 is 3.29. The second-order valence-corrected chi connectivity index (χ2v) is 5.44. The molecule has 0 aliphatic rings. The maximum Gasteiger partial charge on any atom is 0.269 e. The quantitative estimate of drug-likeness (QED) is 0.410. The number of nitro benzene ring substituents is 1. The Hall–Kier alpha value is -2.41. The first-order valence-corrected chi connectivity index (χ1v) is 7.62. The fourth-order valence-electron chi connectivity index (χ4n) is 1.94. The van der Waals surface area contributed by atoms with Gasteiger partial charge in [0.15, 0.2) is 17.8 Å². The molecule has 0 amide bonds. The van der Waals surface area contributed by atoms with E-state index in [1.54, 1.807) is 24.3 Å². The van der Waals surface area contributed by atoms with E-state index in [-0.39, 0.29) is 12.3 Å². The van der Waals surface area contributed by atoms with Crippen molar-refractivity contribution >= 4 is 27.9 Å². The molecule has 6 nitrogen and oxygen atoms in total. The van der Waals surface area contributed by atoms with E-state index in [9.17, 15) is 14.9 Å². The average molecular weight is 380 g/mol. The smallest absolute Gasteiger partial charge is 0.269 e. The SMILES string of the molecule is CCOc1cc(C=O)c(Br)cc1OCc1cccc([N+](=O)[O-])c1. The van der Waals surface area contributed by atoms with Crippen molar-refractivity contribution in [2.24, 2.45) is 0 Å². The summed E-state index contributed by atoms with van der Waals surface area (Å²) in [6.45, 7) is 2.40. The average Bonchev–Trinajstić information content (AvgIpc) is 2.55. The minimum Gasteiger partial charge on any atom is -0.490 e. The van der Waals surface area contributed by atoms with Gasteiger partial charge in [0.05, 0.1) is 11.5 Å². The number of nitro groups is 1. The number of carbonyl (C=O) groups excluding carboxylic acids is 1. The summed E-state index contributed by atoms with van der Waals surface area (Å²) in [6, 6.07) is 9.45. The summed E-state index contributed by atoms with van der Waals surface area (Å²) < 4.78 is 11.8. The van der Waals surface area contributed by atoms with Gasteiger partial charge in [-0.25, -0.2) is 0 Å². The van der Waals surface area contributed by atoms with Gasteiger partial charge in [-0.3, -0.25) is 14.9 Å². The van der Waals surface area contributed by atoms with Crippen LogP contribution in [-0.4, -0.2) is 17.8 Å². The molecule has 0 aliphatic heterocycles. The van der Waals surface area contributed by atoms with Crippen LogP contribution in [0.1, 0.15) is 22.8 Å². The molecule has 2 aromatic carbocycles. The normalized spacial score (nSPS) is 10.2. The van der Waals surface area contributed by atoms with E-state index >= 15 is 0 Å². The number of rotatable bonds is 7. The highest BCUT2D eigenvalue weighted by molar-refractivity contribution is 9.10. The van der Waals surface area contributed by atoms with Gasteiger partial charge in [-0.05, 0) is 40.5 Å². The number of non-ortho nitro benzene ring substituents is 1. The first-order chi connectivity index (χ1) is 11.0. The van der Waals surface area contributed by atoms with Crippen LogP contribution >= 0.6 is 15.9 Å². The molecular weight excluding hydrogens is 366 g/mol. The molecule has 0 heterocycles. The van der Waals surface area contributed by atoms with Crippen LogP contribution in [0.2, 0.25) is 0 Å². The Kier molecular flexibility index (Phi) is 5.70. The summed E-state index contributed by atoms with van der Waals surface area (Å²) in [5.41, 5.74) is 1.13. The topological polar surface area (TPSA) is 78.7 Å². The third-order valence-electron chi connectivity index (χ3n) is 3.01. The summed E-state index contributed by atoms with van der Waals surface area (Å²) in [5, 5.41) is 10.8. The van der Waals surface area contributed by atoms with Gasteiger partial charge in [-0.2, -0.15) is 0 Å². The van der Waals surface area contributed by atoms with Gasteiger partial charge in [0.1, 0.15) is 6.61 Å². The summed E-state index contributed by atoms with van der Waals surface area (Å²) in [7, 11) is 0. The zero-order valence-electron chi connectivity index (χ0n) is 12.3. The Balaban J connectivity index is 2.22. The molecule has 7 heteroatoms. The number of nitrogens with zero attached hydrogens (tertiary/aromatic N) is 1. The van der Waals surface area contributed by atoms with Gasteiger partial charge in [0, 0.05) is 22.2 Å². The van der Waals surface area contributed by atoms with Crippen LogP contribution in [0.5, 0.6) is 11.5 Å². The number of aldehydes is 1. The first kappa shape index (κ1) is 17.0. The van der Waals surface area contributed by atoms with Gasteiger partial charge in [0.2, 0.25) is 0 Å². The van der Waals surface area contributed by atoms with Gasteiger partial charge < -0.3 is 9.47 Å². The molecule has 0 atom stereocenters. The zero-order chi connectivity index (χ0) is 16.8. The Morgan fingerprint density at radius 1 is 1.22 bits per heavy atom. The number of benzene rings is 2. The number of ether oxygens (including phenoxy) is 2. The van der Waals surface area contributed by atoms with Gasteiger partial charge in [0.25, 0.3) is 5.69 Å². The van der Waals surface area contributed by atoms with E-state index in [1.807, 2.05) is 6.92 Å². The van der Waals surface area contributed by atoms with Gasteiger partial charge in [-0.1, -0.05) is 12.1 Å². The van der Waals surface area contributed by atoms with Crippen LogP contribution in [0.15, 0.2) is 40.9 Å². The molecule has 0 saturated heterocycles. The fourth-order valence-corrected chi connectivity index (χ4v) is 2.36. The third-order valence-corrected chi connectivity index (χ3v) is 3.69. The van der Waals surface area contributed by atoms with E-state index in [4.69, 9.17) is 9.47 Å².